The molecular formula is C25H31N3O5. The number of ether oxygens (including phenoxy) is 1. The molecule has 1 N–H and O–H groups in total. The van der Waals surface area contributed by atoms with Crippen molar-refractivity contribution < 1.29 is 23.5 Å². The van der Waals surface area contributed by atoms with Crippen LogP contribution < -0.4 is 5.32 Å². The zero-order chi connectivity index (χ0) is 23.6. The number of carbonyl (C=O) groups is 3. The maximum absolute atomic E-state index is 13.7. The highest BCUT2D eigenvalue weighted by Crippen LogP contribution is 2.39. The summed E-state index contributed by atoms with van der Waals surface area (Å²) in [7, 11) is 0. The molecule has 176 valence electrons. The summed E-state index contributed by atoms with van der Waals surface area (Å²) in [6, 6.07) is 9.93. The molecule has 1 spiro atoms. The van der Waals surface area contributed by atoms with Gasteiger partial charge in [0.05, 0.1) is 12.9 Å². The second-order valence-corrected chi connectivity index (χ2v) is 8.90. The van der Waals surface area contributed by atoms with E-state index >= 15 is 0 Å². The number of carbonyl (C=O) groups excluding carboxylic acids is 3. The van der Waals surface area contributed by atoms with Crippen LogP contribution in [0.3, 0.4) is 0 Å². The first kappa shape index (κ1) is 23.0. The van der Waals surface area contributed by atoms with Crippen LogP contribution in [0.4, 0.5) is 0 Å². The van der Waals surface area contributed by atoms with Crippen molar-refractivity contribution in [2.75, 3.05) is 19.7 Å². The summed E-state index contributed by atoms with van der Waals surface area (Å²) in [6.07, 6.45) is 3.11. The lowest BCUT2D eigenvalue weighted by molar-refractivity contribution is -0.128. The van der Waals surface area contributed by atoms with Gasteiger partial charge in [0.2, 0.25) is 5.91 Å². The van der Waals surface area contributed by atoms with Gasteiger partial charge in [0.15, 0.2) is 5.76 Å². The lowest BCUT2D eigenvalue weighted by atomic mass is 9.96. The normalized spacial score (nSPS) is 20.6. The summed E-state index contributed by atoms with van der Waals surface area (Å²) in [4.78, 5) is 42.8. The molecule has 2 aliphatic rings. The maximum atomic E-state index is 13.7. The fraction of sp³-hybridized carbons (Fsp3) is 0.480. The third kappa shape index (κ3) is 4.53. The highest BCUT2D eigenvalue weighted by Gasteiger charge is 2.54. The number of piperidine rings is 1. The molecule has 33 heavy (non-hydrogen) atoms. The molecule has 2 aromatic rings. The fourth-order valence-corrected chi connectivity index (χ4v) is 4.46. The van der Waals surface area contributed by atoms with E-state index in [9.17, 15) is 14.4 Å². The van der Waals surface area contributed by atoms with Crippen molar-refractivity contribution in [1.29, 1.82) is 0 Å². The predicted molar refractivity (Wildman–Crippen MR) is 122 cm³/mol. The maximum Gasteiger partial charge on any atom is 0.289 e. The van der Waals surface area contributed by atoms with Crippen molar-refractivity contribution >= 4 is 17.7 Å². The molecule has 3 amide bonds. The molecule has 4 rings (SSSR count). The van der Waals surface area contributed by atoms with Crippen LogP contribution in [0.1, 0.15) is 59.6 Å². The number of nitrogens with one attached hydrogen (secondary N) is 1. The molecule has 1 aromatic carbocycles. The van der Waals surface area contributed by atoms with Crippen LogP contribution in [-0.2, 0) is 9.53 Å². The number of rotatable bonds is 5. The van der Waals surface area contributed by atoms with Crippen LogP contribution in [0.15, 0.2) is 47.1 Å². The van der Waals surface area contributed by atoms with E-state index in [0.29, 0.717) is 31.5 Å². The van der Waals surface area contributed by atoms with Gasteiger partial charge in [-0.3, -0.25) is 19.3 Å². The molecule has 0 aliphatic carbocycles. The van der Waals surface area contributed by atoms with Crippen molar-refractivity contribution in [3.05, 3.63) is 59.5 Å². The first-order valence-corrected chi connectivity index (χ1v) is 11.5. The molecule has 2 fully saturated rings. The van der Waals surface area contributed by atoms with Gasteiger partial charge in [-0.15, -0.1) is 0 Å². The first-order chi connectivity index (χ1) is 15.8. The van der Waals surface area contributed by atoms with E-state index in [1.54, 1.807) is 34.1 Å². The second-order valence-electron chi connectivity index (χ2n) is 8.90. The zero-order valence-electron chi connectivity index (χ0n) is 19.4. The molecule has 0 saturated carbocycles. The lowest BCUT2D eigenvalue weighted by Gasteiger charge is -2.44. The summed E-state index contributed by atoms with van der Waals surface area (Å²) in [5, 5.41) is 2.99. The van der Waals surface area contributed by atoms with Crippen LogP contribution in [-0.4, -0.2) is 65.0 Å². The third-order valence-corrected chi connectivity index (χ3v) is 6.65. The molecule has 8 nitrogen and oxygen atoms in total. The number of likely N-dealkylation sites (tertiary alicyclic amines) is 1. The molecule has 2 unspecified atom stereocenters. The number of nitrogens with zero attached hydrogens (tertiary/aromatic N) is 2. The SMILES string of the molecule is CCC(C)NC(=O)C1COC2(CCN(C(=O)c3ccco3)CC2)N1C(=O)c1ccc(C)cc1. The molecule has 2 atom stereocenters. The Hall–Kier alpha value is -3.13. The van der Waals surface area contributed by atoms with Gasteiger partial charge in [-0.2, -0.15) is 0 Å². The van der Waals surface area contributed by atoms with Crippen LogP contribution >= 0.6 is 0 Å². The van der Waals surface area contributed by atoms with Crippen molar-refractivity contribution in [1.82, 2.24) is 15.1 Å². The number of hydrogen-bond acceptors (Lipinski definition) is 5. The molecule has 3 heterocycles. The number of benzene rings is 1. The van der Waals surface area contributed by atoms with E-state index < -0.39 is 11.8 Å². The van der Waals surface area contributed by atoms with Crippen LogP contribution in [0.25, 0.3) is 0 Å². The lowest BCUT2D eigenvalue weighted by Crippen LogP contribution is -2.60. The summed E-state index contributed by atoms with van der Waals surface area (Å²) in [5.74, 6) is -0.342. The Bertz CT molecular complexity index is 994. The van der Waals surface area contributed by atoms with Crippen molar-refractivity contribution in [2.45, 2.75) is 57.8 Å². The zero-order valence-corrected chi connectivity index (χ0v) is 19.4. The van der Waals surface area contributed by atoms with E-state index in [-0.39, 0.29) is 36.1 Å². The van der Waals surface area contributed by atoms with Gasteiger partial charge >= 0.3 is 0 Å². The van der Waals surface area contributed by atoms with Gasteiger partial charge in [0.1, 0.15) is 11.8 Å². The Balaban J connectivity index is 1.58. The minimum absolute atomic E-state index is 0.00172. The van der Waals surface area contributed by atoms with Gasteiger partial charge in [-0.25, -0.2) is 0 Å². The number of amides is 3. The second kappa shape index (κ2) is 9.39. The third-order valence-electron chi connectivity index (χ3n) is 6.65. The summed E-state index contributed by atoms with van der Waals surface area (Å²) in [5.41, 5.74) is 0.634. The Morgan fingerprint density at radius 2 is 1.82 bits per heavy atom. The van der Waals surface area contributed by atoms with Crippen molar-refractivity contribution in [3.63, 3.8) is 0 Å². The van der Waals surface area contributed by atoms with E-state index in [0.717, 1.165) is 12.0 Å². The van der Waals surface area contributed by atoms with Gasteiger partial charge in [-0.05, 0) is 44.5 Å². The standard InChI is InChI=1S/C25H31N3O5/c1-4-18(3)26-22(29)20-16-33-25(28(20)23(30)19-9-7-17(2)8-10-19)11-13-27(14-12-25)24(31)21-6-5-15-32-21/h5-10,15,18,20H,4,11-14,16H2,1-3H3,(H,26,29). The molecular weight excluding hydrogens is 422 g/mol. The Morgan fingerprint density at radius 3 is 2.42 bits per heavy atom. The Kier molecular flexibility index (Phi) is 6.56. The van der Waals surface area contributed by atoms with Crippen molar-refractivity contribution in [2.24, 2.45) is 0 Å². The largest absolute Gasteiger partial charge is 0.459 e. The van der Waals surface area contributed by atoms with Crippen molar-refractivity contribution in [3.8, 4) is 0 Å². The quantitative estimate of drug-likeness (QED) is 0.752. The summed E-state index contributed by atoms with van der Waals surface area (Å²) < 4.78 is 11.5. The van der Waals surface area contributed by atoms with Crippen LogP contribution in [0.5, 0.6) is 0 Å². The average Bonchev–Trinajstić information content (AvgIpc) is 3.48. The van der Waals surface area contributed by atoms with Crippen LogP contribution in [0.2, 0.25) is 0 Å². The highest BCUT2D eigenvalue weighted by molar-refractivity contribution is 5.98. The summed E-state index contributed by atoms with van der Waals surface area (Å²) >= 11 is 0. The smallest absolute Gasteiger partial charge is 0.289 e. The van der Waals surface area contributed by atoms with Gasteiger partial charge < -0.3 is 19.4 Å². The van der Waals surface area contributed by atoms with Gasteiger partial charge in [0.25, 0.3) is 11.8 Å². The van der Waals surface area contributed by atoms with Gasteiger partial charge in [0, 0.05) is 37.5 Å². The topological polar surface area (TPSA) is 92.1 Å². The average molecular weight is 454 g/mol. The number of furan rings is 1. The molecule has 2 saturated heterocycles. The summed E-state index contributed by atoms with van der Waals surface area (Å²) in [6.45, 7) is 6.83. The molecule has 0 bridgehead atoms. The molecule has 2 aliphatic heterocycles. The van der Waals surface area contributed by atoms with Gasteiger partial charge in [-0.1, -0.05) is 24.6 Å². The predicted octanol–water partition coefficient (Wildman–Crippen LogP) is 2.98. The minimum Gasteiger partial charge on any atom is -0.459 e. The molecule has 8 heteroatoms. The Morgan fingerprint density at radius 1 is 1.12 bits per heavy atom. The molecule has 0 radical (unpaired) electrons. The monoisotopic (exact) mass is 453 g/mol. The Labute approximate surface area is 193 Å². The fourth-order valence-electron chi connectivity index (χ4n) is 4.46. The molecule has 1 aromatic heterocycles. The number of hydrogen-bond donors (Lipinski definition) is 1. The van der Waals surface area contributed by atoms with E-state index in [1.165, 1.54) is 6.26 Å². The minimum atomic E-state index is -0.931. The van der Waals surface area contributed by atoms with Crippen LogP contribution in [0, 0.1) is 6.92 Å². The highest BCUT2D eigenvalue weighted by atomic mass is 16.5. The number of aryl methyl sites for hydroxylation is 1. The van der Waals surface area contributed by atoms with E-state index in [4.69, 9.17) is 9.15 Å². The first-order valence-electron chi connectivity index (χ1n) is 11.5. The van der Waals surface area contributed by atoms with E-state index in [2.05, 4.69) is 5.32 Å². The van der Waals surface area contributed by atoms with E-state index in [1.807, 2.05) is 32.9 Å².